The van der Waals surface area contributed by atoms with Crippen molar-refractivity contribution >= 4 is 11.6 Å². The zero-order valence-corrected chi connectivity index (χ0v) is 12.7. The van der Waals surface area contributed by atoms with E-state index in [2.05, 4.69) is 15.0 Å². The molecule has 1 aliphatic heterocycles. The highest BCUT2D eigenvalue weighted by atomic mass is 19.4. The second kappa shape index (κ2) is 6.54. The highest BCUT2D eigenvalue weighted by Crippen LogP contribution is 2.31. The van der Waals surface area contributed by atoms with Gasteiger partial charge in [0.25, 0.3) is 0 Å². The standard InChI is InChI=1S/C16H16F3N3O2/c17-16(18,19)11-1-3-14(4-2-11)22-7-5-13(10-22)20-15(23)9-12-6-8-24-21-12/h1-4,6,8,13H,5,7,9-10H2,(H,20,23)/t13-/m1/s1. The molecule has 0 aliphatic carbocycles. The van der Waals surface area contributed by atoms with Crippen molar-refractivity contribution < 1.29 is 22.5 Å². The molecule has 1 fully saturated rings. The fourth-order valence-corrected chi connectivity index (χ4v) is 2.75. The van der Waals surface area contributed by atoms with E-state index in [4.69, 9.17) is 0 Å². The number of benzene rings is 1. The summed E-state index contributed by atoms with van der Waals surface area (Å²) in [7, 11) is 0. The number of anilines is 1. The molecule has 0 spiro atoms. The maximum atomic E-state index is 12.6. The van der Waals surface area contributed by atoms with E-state index in [1.165, 1.54) is 18.4 Å². The lowest BCUT2D eigenvalue weighted by Gasteiger charge is -2.19. The number of carbonyl (C=O) groups excluding carboxylic acids is 1. The van der Waals surface area contributed by atoms with Crippen LogP contribution in [0.3, 0.4) is 0 Å². The minimum Gasteiger partial charge on any atom is -0.369 e. The minimum absolute atomic E-state index is 0.0355. The van der Waals surface area contributed by atoms with E-state index in [1.807, 2.05) is 4.90 Å². The summed E-state index contributed by atoms with van der Waals surface area (Å²) in [6.45, 7) is 1.25. The average Bonchev–Trinajstić information content (AvgIpc) is 3.18. The lowest BCUT2D eigenvalue weighted by atomic mass is 10.2. The van der Waals surface area contributed by atoms with Gasteiger partial charge in [-0.3, -0.25) is 4.79 Å². The Morgan fingerprint density at radius 1 is 1.29 bits per heavy atom. The predicted octanol–water partition coefficient (Wildman–Crippen LogP) is 2.63. The zero-order valence-electron chi connectivity index (χ0n) is 12.7. The maximum Gasteiger partial charge on any atom is 0.416 e. The summed E-state index contributed by atoms with van der Waals surface area (Å²) in [5.41, 5.74) is 0.615. The first-order chi connectivity index (χ1) is 11.4. The molecule has 1 N–H and O–H groups in total. The second-order valence-corrected chi connectivity index (χ2v) is 5.71. The molecule has 1 aliphatic rings. The van der Waals surface area contributed by atoms with Crippen LogP contribution in [0.5, 0.6) is 0 Å². The summed E-state index contributed by atoms with van der Waals surface area (Å²) in [5, 5.41) is 6.59. The molecule has 1 saturated heterocycles. The van der Waals surface area contributed by atoms with E-state index >= 15 is 0 Å². The molecular formula is C16H16F3N3O2. The average molecular weight is 339 g/mol. The van der Waals surface area contributed by atoms with Gasteiger partial charge in [-0.05, 0) is 30.7 Å². The molecule has 1 amide bonds. The fraction of sp³-hybridized carbons (Fsp3) is 0.375. The number of hydrogen-bond acceptors (Lipinski definition) is 4. The van der Waals surface area contributed by atoms with Gasteiger partial charge < -0.3 is 14.7 Å². The Labute approximate surface area is 136 Å². The van der Waals surface area contributed by atoms with Gasteiger partial charge >= 0.3 is 6.18 Å². The van der Waals surface area contributed by atoms with E-state index in [0.29, 0.717) is 18.8 Å². The quantitative estimate of drug-likeness (QED) is 0.930. The molecule has 8 heteroatoms. The van der Waals surface area contributed by atoms with Crippen LogP contribution in [0.4, 0.5) is 18.9 Å². The Bertz CT molecular complexity index is 684. The Kier molecular flexibility index (Phi) is 4.46. The van der Waals surface area contributed by atoms with Gasteiger partial charge in [-0.15, -0.1) is 0 Å². The van der Waals surface area contributed by atoms with Crippen molar-refractivity contribution in [3.63, 3.8) is 0 Å². The van der Waals surface area contributed by atoms with Gasteiger partial charge in [0.05, 0.1) is 17.7 Å². The van der Waals surface area contributed by atoms with E-state index in [9.17, 15) is 18.0 Å². The smallest absolute Gasteiger partial charge is 0.369 e. The van der Waals surface area contributed by atoms with Gasteiger partial charge in [0.2, 0.25) is 5.91 Å². The molecule has 2 heterocycles. The Morgan fingerprint density at radius 2 is 2.04 bits per heavy atom. The van der Waals surface area contributed by atoms with Gasteiger partial charge in [-0.1, -0.05) is 5.16 Å². The van der Waals surface area contributed by atoms with E-state index < -0.39 is 11.7 Å². The van der Waals surface area contributed by atoms with Crippen LogP contribution in [0.15, 0.2) is 41.1 Å². The number of nitrogens with zero attached hydrogens (tertiary/aromatic N) is 2. The number of halogens is 3. The number of carbonyl (C=O) groups is 1. The third-order valence-electron chi connectivity index (χ3n) is 3.95. The molecule has 0 saturated carbocycles. The van der Waals surface area contributed by atoms with Gasteiger partial charge in [0.15, 0.2) is 0 Å². The summed E-state index contributed by atoms with van der Waals surface area (Å²) >= 11 is 0. The fourth-order valence-electron chi connectivity index (χ4n) is 2.75. The van der Waals surface area contributed by atoms with Crippen LogP contribution in [-0.2, 0) is 17.4 Å². The van der Waals surface area contributed by atoms with Crippen LogP contribution in [0.1, 0.15) is 17.7 Å². The maximum absolute atomic E-state index is 12.6. The van der Waals surface area contributed by atoms with Crippen LogP contribution in [0, 0.1) is 0 Å². The SMILES string of the molecule is O=C(Cc1ccon1)N[C@@H]1CCN(c2ccc(C(F)(F)F)cc2)C1. The van der Waals surface area contributed by atoms with Crippen molar-refractivity contribution in [2.75, 3.05) is 18.0 Å². The van der Waals surface area contributed by atoms with E-state index in [-0.39, 0.29) is 18.4 Å². The molecule has 1 aromatic heterocycles. The number of rotatable bonds is 4. The molecule has 1 aromatic carbocycles. The molecule has 0 bridgehead atoms. The summed E-state index contributed by atoms with van der Waals surface area (Å²) in [6.07, 6.45) is -2.04. The zero-order chi connectivity index (χ0) is 17.2. The van der Waals surface area contributed by atoms with Crippen LogP contribution < -0.4 is 10.2 Å². The Hall–Kier alpha value is -2.51. The third kappa shape index (κ3) is 3.87. The first kappa shape index (κ1) is 16.4. The molecular weight excluding hydrogens is 323 g/mol. The second-order valence-electron chi connectivity index (χ2n) is 5.71. The van der Waals surface area contributed by atoms with Crippen LogP contribution in [0.25, 0.3) is 0 Å². The molecule has 5 nitrogen and oxygen atoms in total. The van der Waals surface area contributed by atoms with Crippen LogP contribution in [0.2, 0.25) is 0 Å². The predicted molar refractivity (Wildman–Crippen MR) is 80.4 cm³/mol. The topological polar surface area (TPSA) is 58.4 Å². The Balaban J connectivity index is 1.54. The molecule has 0 unspecified atom stereocenters. The van der Waals surface area contributed by atoms with Crippen molar-refractivity contribution in [3.05, 3.63) is 47.9 Å². The molecule has 128 valence electrons. The molecule has 0 radical (unpaired) electrons. The molecule has 24 heavy (non-hydrogen) atoms. The number of amides is 1. The largest absolute Gasteiger partial charge is 0.416 e. The lowest BCUT2D eigenvalue weighted by Crippen LogP contribution is -2.38. The van der Waals surface area contributed by atoms with E-state index in [1.54, 1.807) is 6.07 Å². The third-order valence-corrected chi connectivity index (χ3v) is 3.95. The number of nitrogens with one attached hydrogen (secondary N) is 1. The lowest BCUT2D eigenvalue weighted by molar-refractivity contribution is -0.137. The number of hydrogen-bond donors (Lipinski definition) is 1. The van der Waals surface area contributed by atoms with Crippen molar-refractivity contribution in [2.45, 2.75) is 25.1 Å². The summed E-state index contributed by atoms with van der Waals surface area (Å²) < 4.78 is 42.4. The number of aromatic nitrogens is 1. The van der Waals surface area contributed by atoms with Crippen LogP contribution >= 0.6 is 0 Å². The first-order valence-corrected chi connectivity index (χ1v) is 7.52. The van der Waals surface area contributed by atoms with Crippen molar-refractivity contribution in [2.24, 2.45) is 0 Å². The summed E-state index contributed by atoms with van der Waals surface area (Å²) in [4.78, 5) is 13.9. The summed E-state index contributed by atoms with van der Waals surface area (Å²) in [5.74, 6) is -0.150. The van der Waals surface area contributed by atoms with Gasteiger partial charge in [0.1, 0.15) is 6.26 Å². The summed E-state index contributed by atoms with van der Waals surface area (Å²) in [6, 6.07) is 6.66. The highest BCUT2D eigenvalue weighted by Gasteiger charge is 2.31. The normalized spacial score (nSPS) is 18.0. The van der Waals surface area contributed by atoms with Crippen molar-refractivity contribution in [1.82, 2.24) is 10.5 Å². The minimum atomic E-state index is -4.33. The van der Waals surface area contributed by atoms with E-state index in [0.717, 1.165) is 24.2 Å². The molecule has 3 rings (SSSR count). The molecule has 1 atom stereocenters. The van der Waals surface area contributed by atoms with Gasteiger partial charge in [0, 0.05) is 30.9 Å². The number of alkyl halides is 3. The Morgan fingerprint density at radius 3 is 2.67 bits per heavy atom. The monoisotopic (exact) mass is 339 g/mol. The highest BCUT2D eigenvalue weighted by molar-refractivity contribution is 5.78. The van der Waals surface area contributed by atoms with Gasteiger partial charge in [-0.2, -0.15) is 13.2 Å². The van der Waals surface area contributed by atoms with Crippen LogP contribution in [-0.4, -0.2) is 30.2 Å². The van der Waals surface area contributed by atoms with Crippen molar-refractivity contribution in [3.8, 4) is 0 Å². The molecule has 2 aromatic rings. The first-order valence-electron chi connectivity index (χ1n) is 7.52. The van der Waals surface area contributed by atoms with Crippen molar-refractivity contribution in [1.29, 1.82) is 0 Å². The van der Waals surface area contributed by atoms with Gasteiger partial charge in [-0.25, -0.2) is 0 Å².